The van der Waals surface area contributed by atoms with Gasteiger partial charge in [0.05, 0.1) is 22.2 Å². The Kier molecular flexibility index (Phi) is 6.47. The molecule has 1 aliphatic heterocycles. The van der Waals surface area contributed by atoms with Gasteiger partial charge in [-0.25, -0.2) is 8.42 Å². The number of benzene rings is 2. The molecule has 8 nitrogen and oxygen atoms in total. The molecular weight excluding hydrogens is 474 g/mol. The highest BCUT2D eigenvalue weighted by atomic mass is 35.5. The number of amides is 1. The third-order valence-corrected chi connectivity index (χ3v) is 8.35. The van der Waals surface area contributed by atoms with Gasteiger partial charge in [0.15, 0.2) is 4.80 Å². The maximum atomic E-state index is 12.8. The van der Waals surface area contributed by atoms with E-state index in [4.69, 9.17) is 16.3 Å². The Labute approximate surface area is 193 Å². The number of rotatable bonds is 5. The van der Waals surface area contributed by atoms with Crippen LogP contribution in [-0.2, 0) is 26.1 Å². The highest BCUT2D eigenvalue weighted by Gasteiger charge is 2.27. The summed E-state index contributed by atoms with van der Waals surface area (Å²) >= 11 is 7.29. The van der Waals surface area contributed by atoms with Gasteiger partial charge in [0.2, 0.25) is 10.0 Å². The fraction of sp³-hybridized carbons (Fsp3) is 0.286. The maximum Gasteiger partial charge on any atom is 0.325 e. The lowest BCUT2D eigenvalue weighted by molar-refractivity contribution is -0.141. The van der Waals surface area contributed by atoms with Crippen molar-refractivity contribution in [1.29, 1.82) is 0 Å². The molecule has 11 heteroatoms. The van der Waals surface area contributed by atoms with Crippen molar-refractivity contribution in [2.45, 2.75) is 24.3 Å². The molecule has 0 unspecified atom stereocenters. The lowest BCUT2D eigenvalue weighted by Gasteiger charge is -2.15. The average Bonchev–Trinajstić information content (AvgIpc) is 3.43. The molecule has 0 radical (unpaired) electrons. The molecule has 0 saturated carbocycles. The van der Waals surface area contributed by atoms with Crippen molar-refractivity contribution in [3.05, 3.63) is 57.9 Å². The highest BCUT2D eigenvalue weighted by molar-refractivity contribution is 7.89. The van der Waals surface area contributed by atoms with Crippen molar-refractivity contribution < 1.29 is 22.7 Å². The first-order valence-corrected chi connectivity index (χ1v) is 12.5. The Morgan fingerprint density at radius 3 is 2.47 bits per heavy atom. The van der Waals surface area contributed by atoms with Crippen LogP contribution < -0.4 is 4.80 Å². The molecule has 0 spiro atoms. The molecule has 1 fully saturated rings. The van der Waals surface area contributed by atoms with Crippen molar-refractivity contribution in [2.24, 2.45) is 4.99 Å². The molecule has 1 aliphatic rings. The summed E-state index contributed by atoms with van der Waals surface area (Å²) in [5.74, 6) is -1.03. The second kappa shape index (κ2) is 9.14. The van der Waals surface area contributed by atoms with Crippen LogP contribution in [0.1, 0.15) is 23.2 Å². The summed E-state index contributed by atoms with van der Waals surface area (Å²) in [5.41, 5.74) is 0.939. The van der Waals surface area contributed by atoms with E-state index in [0.717, 1.165) is 17.5 Å². The van der Waals surface area contributed by atoms with Gasteiger partial charge in [0.1, 0.15) is 6.54 Å². The molecule has 1 amide bonds. The van der Waals surface area contributed by atoms with E-state index in [-0.39, 0.29) is 17.0 Å². The van der Waals surface area contributed by atoms with E-state index in [1.54, 1.807) is 22.8 Å². The third kappa shape index (κ3) is 4.49. The van der Waals surface area contributed by atoms with Gasteiger partial charge in [0.25, 0.3) is 5.91 Å². The molecule has 2 heterocycles. The van der Waals surface area contributed by atoms with Gasteiger partial charge in [-0.15, -0.1) is 0 Å². The summed E-state index contributed by atoms with van der Waals surface area (Å²) < 4.78 is 33.9. The summed E-state index contributed by atoms with van der Waals surface area (Å²) in [6.45, 7) is 0.903. The van der Waals surface area contributed by atoms with Crippen LogP contribution in [0.4, 0.5) is 0 Å². The van der Waals surface area contributed by atoms with Crippen LogP contribution in [0.5, 0.6) is 0 Å². The molecule has 0 N–H and O–H groups in total. The maximum absolute atomic E-state index is 12.8. The summed E-state index contributed by atoms with van der Waals surface area (Å²) in [6, 6.07) is 10.9. The van der Waals surface area contributed by atoms with E-state index >= 15 is 0 Å². The van der Waals surface area contributed by atoms with Crippen molar-refractivity contribution >= 4 is 55.1 Å². The van der Waals surface area contributed by atoms with E-state index in [1.807, 2.05) is 0 Å². The second-order valence-electron chi connectivity index (χ2n) is 7.21. The van der Waals surface area contributed by atoms with Crippen LogP contribution in [0, 0.1) is 0 Å². The van der Waals surface area contributed by atoms with Crippen molar-refractivity contribution in [2.75, 3.05) is 20.2 Å². The first-order valence-electron chi connectivity index (χ1n) is 9.84. The van der Waals surface area contributed by atoms with Crippen LogP contribution >= 0.6 is 22.9 Å². The molecule has 168 valence electrons. The lowest BCUT2D eigenvalue weighted by Crippen LogP contribution is -2.27. The summed E-state index contributed by atoms with van der Waals surface area (Å²) in [6.07, 6.45) is 1.70. The number of aromatic nitrogens is 1. The highest BCUT2D eigenvalue weighted by Crippen LogP contribution is 2.23. The Morgan fingerprint density at radius 2 is 1.81 bits per heavy atom. The zero-order chi connectivity index (χ0) is 22.9. The predicted octanol–water partition coefficient (Wildman–Crippen LogP) is 3.05. The van der Waals surface area contributed by atoms with Gasteiger partial charge < -0.3 is 9.30 Å². The van der Waals surface area contributed by atoms with Crippen LogP contribution in [0.15, 0.2) is 52.4 Å². The zero-order valence-corrected chi connectivity index (χ0v) is 19.5. The van der Waals surface area contributed by atoms with Gasteiger partial charge in [-0.1, -0.05) is 22.9 Å². The van der Waals surface area contributed by atoms with Crippen LogP contribution in [-0.4, -0.2) is 49.4 Å². The minimum atomic E-state index is -3.56. The lowest BCUT2D eigenvalue weighted by atomic mass is 10.2. The van der Waals surface area contributed by atoms with Crippen molar-refractivity contribution in [1.82, 2.24) is 8.87 Å². The van der Waals surface area contributed by atoms with Crippen molar-refractivity contribution in [3.63, 3.8) is 0 Å². The summed E-state index contributed by atoms with van der Waals surface area (Å²) in [5, 5.41) is 0.525. The number of esters is 1. The van der Waals surface area contributed by atoms with Crippen LogP contribution in [0.3, 0.4) is 0 Å². The number of nitrogens with zero attached hydrogens (tertiary/aromatic N) is 3. The number of sulfonamides is 1. The molecule has 2 aromatic carbocycles. The standard InChI is InChI=1S/C21H20ClN3O5S2/c1-30-19(26)13-25-17-9-6-15(22)12-18(17)31-21(25)23-20(27)14-4-7-16(8-5-14)32(28,29)24-10-2-3-11-24/h4-9,12H,2-3,10-11,13H2,1H3. The number of halogens is 1. The second-order valence-corrected chi connectivity index (χ2v) is 10.6. The fourth-order valence-corrected chi connectivity index (χ4v) is 6.30. The number of ether oxygens (including phenoxy) is 1. The minimum absolute atomic E-state index is 0.114. The molecule has 1 saturated heterocycles. The summed E-state index contributed by atoms with van der Waals surface area (Å²) in [4.78, 5) is 29.3. The quantitative estimate of drug-likeness (QED) is 0.509. The molecule has 3 aromatic rings. The number of thiazole rings is 1. The number of hydrogen-bond acceptors (Lipinski definition) is 6. The van der Waals surface area contributed by atoms with E-state index in [1.165, 1.54) is 47.0 Å². The Bertz CT molecular complexity index is 1350. The Hall–Kier alpha value is -2.53. The van der Waals surface area contributed by atoms with Gasteiger partial charge in [0, 0.05) is 23.7 Å². The van der Waals surface area contributed by atoms with Gasteiger partial charge in [-0.2, -0.15) is 9.30 Å². The normalized spacial score (nSPS) is 15.4. The number of fused-ring (bicyclic) bond motifs is 1. The monoisotopic (exact) mass is 493 g/mol. The number of carbonyl (C=O) groups excluding carboxylic acids is 2. The van der Waals surface area contributed by atoms with E-state index < -0.39 is 21.9 Å². The topological polar surface area (TPSA) is 98.0 Å². The number of carbonyl (C=O) groups is 2. The van der Waals surface area contributed by atoms with E-state index in [2.05, 4.69) is 4.99 Å². The molecule has 32 heavy (non-hydrogen) atoms. The summed E-state index contributed by atoms with van der Waals surface area (Å²) in [7, 11) is -2.27. The molecule has 0 atom stereocenters. The van der Waals surface area contributed by atoms with Crippen molar-refractivity contribution in [3.8, 4) is 0 Å². The minimum Gasteiger partial charge on any atom is -0.468 e. The SMILES string of the molecule is COC(=O)Cn1c(=NC(=O)c2ccc(S(=O)(=O)N3CCCC3)cc2)sc2cc(Cl)ccc21. The fourth-order valence-electron chi connectivity index (χ4n) is 3.48. The van der Waals surface area contributed by atoms with Crippen LogP contribution in [0.25, 0.3) is 10.2 Å². The average molecular weight is 494 g/mol. The smallest absolute Gasteiger partial charge is 0.325 e. The largest absolute Gasteiger partial charge is 0.468 e. The first kappa shape index (κ1) is 22.7. The molecule has 0 bridgehead atoms. The van der Waals surface area contributed by atoms with Gasteiger partial charge >= 0.3 is 5.97 Å². The van der Waals surface area contributed by atoms with Gasteiger partial charge in [-0.05, 0) is 55.3 Å². The molecule has 4 rings (SSSR count). The van der Waals surface area contributed by atoms with E-state index in [0.29, 0.717) is 28.4 Å². The molecule has 1 aromatic heterocycles. The molecular formula is C21H20ClN3O5S2. The van der Waals surface area contributed by atoms with E-state index in [9.17, 15) is 18.0 Å². The first-order chi connectivity index (χ1) is 15.3. The number of methoxy groups -OCH3 is 1. The zero-order valence-electron chi connectivity index (χ0n) is 17.2. The number of hydrogen-bond donors (Lipinski definition) is 0. The third-order valence-electron chi connectivity index (χ3n) is 5.16. The Balaban J connectivity index is 1.68. The van der Waals surface area contributed by atoms with Gasteiger partial charge in [-0.3, -0.25) is 9.59 Å². The van der Waals surface area contributed by atoms with Crippen LogP contribution in [0.2, 0.25) is 5.02 Å². The predicted molar refractivity (Wildman–Crippen MR) is 121 cm³/mol. The Morgan fingerprint density at radius 1 is 1.12 bits per heavy atom. The molecule has 0 aliphatic carbocycles.